The Kier molecular flexibility index (Phi) is 3.37. The number of tetrazole rings is 1. The van der Waals surface area contributed by atoms with E-state index in [0.717, 1.165) is 5.69 Å². The molecular formula is C13H13N7O2. The number of benzene rings is 1. The average Bonchev–Trinajstić information content (AvgIpc) is 3.11. The van der Waals surface area contributed by atoms with E-state index < -0.39 is 4.92 Å². The summed E-state index contributed by atoms with van der Waals surface area (Å²) in [7, 11) is 0. The molecule has 2 aromatic heterocycles. The second-order valence-corrected chi connectivity index (χ2v) is 4.61. The van der Waals surface area contributed by atoms with Gasteiger partial charge in [0.15, 0.2) is 5.69 Å². The van der Waals surface area contributed by atoms with Gasteiger partial charge in [0.25, 0.3) is 0 Å². The van der Waals surface area contributed by atoms with Crippen LogP contribution in [0.5, 0.6) is 0 Å². The maximum Gasteiger partial charge on any atom is 0.321 e. The minimum atomic E-state index is -0.451. The third-order valence-electron chi connectivity index (χ3n) is 3.26. The molecule has 0 N–H and O–H groups in total. The number of nitrogens with zero attached hydrogens (tertiary/aromatic N) is 7. The molecule has 0 spiro atoms. The number of rotatable bonds is 4. The highest BCUT2D eigenvalue weighted by Gasteiger charge is 2.30. The van der Waals surface area contributed by atoms with Gasteiger partial charge < -0.3 is 0 Å². The van der Waals surface area contributed by atoms with Gasteiger partial charge in [0.1, 0.15) is 5.69 Å². The summed E-state index contributed by atoms with van der Waals surface area (Å²) >= 11 is 0. The van der Waals surface area contributed by atoms with Crippen molar-refractivity contribution in [2.45, 2.75) is 20.4 Å². The van der Waals surface area contributed by atoms with Gasteiger partial charge in [-0.3, -0.25) is 14.8 Å². The summed E-state index contributed by atoms with van der Waals surface area (Å²) in [4.78, 5) is 10.9. The second kappa shape index (κ2) is 5.35. The van der Waals surface area contributed by atoms with Gasteiger partial charge >= 0.3 is 5.69 Å². The van der Waals surface area contributed by atoms with Crippen molar-refractivity contribution in [3.8, 4) is 17.2 Å². The van der Waals surface area contributed by atoms with E-state index in [-0.39, 0.29) is 5.69 Å². The fourth-order valence-electron chi connectivity index (χ4n) is 2.32. The van der Waals surface area contributed by atoms with Crippen molar-refractivity contribution in [1.82, 2.24) is 30.0 Å². The van der Waals surface area contributed by atoms with Crippen LogP contribution in [-0.2, 0) is 6.54 Å². The monoisotopic (exact) mass is 299 g/mol. The van der Waals surface area contributed by atoms with Gasteiger partial charge in [0.2, 0.25) is 5.82 Å². The van der Waals surface area contributed by atoms with E-state index in [0.29, 0.717) is 23.8 Å². The maximum absolute atomic E-state index is 11.4. The Bertz CT molecular complexity index is 822. The Morgan fingerprint density at radius 2 is 2.00 bits per heavy atom. The Balaban J connectivity index is 2.26. The maximum atomic E-state index is 11.4. The first-order chi connectivity index (χ1) is 10.6. The second-order valence-electron chi connectivity index (χ2n) is 4.61. The smallest absolute Gasteiger partial charge is 0.258 e. The van der Waals surface area contributed by atoms with Gasteiger partial charge in [-0.25, -0.2) is 0 Å². The summed E-state index contributed by atoms with van der Waals surface area (Å²) in [5.74, 6) is 0.292. The first kappa shape index (κ1) is 13.9. The minimum absolute atomic E-state index is 0.0752. The van der Waals surface area contributed by atoms with Crippen molar-refractivity contribution in [3.05, 3.63) is 46.1 Å². The van der Waals surface area contributed by atoms with E-state index in [9.17, 15) is 10.1 Å². The molecular weight excluding hydrogens is 286 g/mol. The Morgan fingerprint density at radius 3 is 2.64 bits per heavy atom. The number of nitro groups is 1. The van der Waals surface area contributed by atoms with Gasteiger partial charge in [0.05, 0.1) is 10.6 Å². The van der Waals surface area contributed by atoms with Crippen LogP contribution in [-0.4, -0.2) is 34.9 Å². The molecule has 0 radical (unpaired) electrons. The molecule has 1 aromatic carbocycles. The number of para-hydroxylation sites is 1. The standard InChI is InChI=1S/C13H13N7O2/c1-3-18-12(11(20(21)22)9(2)15-18)13-14-16-17-19(13)10-7-5-4-6-8-10/h4-8H,3H2,1-2H3. The lowest BCUT2D eigenvalue weighted by Gasteiger charge is -2.05. The number of hydrogen-bond acceptors (Lipinski definition) is 6. The lowest BCUT2D eigenvalue weighted by atomic mass is 10.2. The van der Waals surface area contributed by atoms with Crippen LogP contribution in [0.3, 0.4) is 0 Å². The molecule has 0 aliphatic rings. The summed E-state index contributed by atoms with van der Waals surface area (Å²) in [5, 5.41) is 27.2. The van der Waals surface area contributed by atoms with Crippen LogP contribution in [0.1, 0.15) is 12.6 Å². The van der Waals surface area contributed by atoms with Crippen LogP contribution in [0.15, 0.2) is 30.3 Å². The van der Waals surface area contributed by atoms with Gasteiger partial charge in [0, 0.05) is 6.54 Å². The van der Waals surface area contributed by atoms with Crippen LogP contribution in [0.4, 0.5) is 5.69 Å². The molecule has 2 heterocycles. The molecule has 0 fully saturated rings. The third kappa shape index (κ3) is 2.12. The lowest BCUT2D eigenvalue weighted by Crippen LogP contribution is -2.06. The average molecular weight is 299 g/mol. The van der Waals surface area contributed by atoms with Crippen molar-refractivity contribution in [2.24, 2.45) is 0 Å². The van der Waals surface area contributed by atoms with Crippen LogP contribution in [0.25, 0.3) is 17.2 Å². The SMILES string of the molecule is CCn1nc(C)c([N+](=O)[O-])c1-c1nnnn1-c1ccccc1. The molecule has 0 unspecified atom stereocenters. The molecule has 0 aliphatic heterocycles. The predicted octanol–water partition coefficient (Wildman–Crippen LogP) is 1.76. The summed E-state index contributed by atoms with van der Waals surface area (Å²) < 4.78 is 3.01. The molecule has 0 aliphatic carbocycles. The predicted molar refractivity (Wildman–Crippen MR) is 77.4 cm³/mol. The molecule has 3 aromatic rings. The molecule has 0 saturated heterocycles. The van der Waals surface area contributed by atoms with E-state index >= 15 is 0 Å². The zero-order valence-electron chi connectivity index (χ0n) is 12.0. The first-order valence-corrected chi connectivity index (χ1v) is 6.69. The van der Waals surface area contributed by atoms with Crippen molar-refractivity contribution in [3.63, 3.8) is 0 Å². The number of aromatic nitrogens is 6. The van der Waals surface area contributed by atoms with E-state index in [1.165, 1.54) is 4.68 Å². The van der Waals surface area contributed by atoms with Crippen molar-refractivity contribution < 1.29 is 4.92 Å². The molecule has 9 heteroatoms. The number of aryl methyl sites for hydroxylation is 2. The van der Waals surface area contributed by atoms with Crippen molar-refractivity contribution >= 4 is 5.69 Å². The molecule has 0 amide bonds. The van der Waals surface area contributed by atoms with Gasteiger partial charge in [-0.05, 0) is 36.4 Å². The van der Waals surface area contributed by atoms with E-state index in [2.05, 4.69) is 20.6 Å². The van der Waals surface area contributed by atoms with E-state index in [1.807, 2.05) is 37.3 Å². The minimum Gasteiger partial charge on any atom is -0.258 e. The topological polar surface area (TPSA) is 105 Å². The summed E-state index contributed by atoms with van der Waals surface area (Å²) in [5.41, 5.74) is 1.29. The Labute approximate surface area is 125 Å². The molecule has 3 rings (SSSR count). The third-order valence-corrected chi connectivity index (χ3v) is 3.26. The summed E-state index contributed by atoms with van der Waals surface area (Å²) in [6.45, 7) is 3.94. The molecule has 0 bridgehead atoms. The van der Waals surface area contributed by atoms with E-state index in [1.54, 1.807) is 11.6 Å². The zero-order chi connectivity index (χ0) is 15.7. The normalized spacial score (nSPS) is 10.8. The fourth-order valence-corrected chi connectivity index (χ4v) is 2.32. The van der Waals surface area contributed by atoms with Crippen molar-refractivity contribution in [1.29, 1.82) is 0 Å². The van der Waals surface area contributed by atoms with Crippen LogP contribution < -0.4 is 0 Å². The van der Waals surface area contributed by atoms with Gasteiger partial charge in [-0.2, -0.15) is 9.78 Å². The number of hydrogen-bond donors (Lipinski definition) is 0. The van der Waals surface area contributed by atoms with Crippen LogP contribution in [0.2, 0.25) is 0 Å². The van der Waals surface area contributed by atoms with Crippen LogP contribution >= 0.6 is 0 Å². The Morgan fingerprint density at radius 1 is 1.27 bits per heavy atom. The van der Waals surface area contributed by atoms with Crippen molar-refractivity contribution in [2.75, 3.05) is 0 Å². The van der Waals surface area contributed by atoms with Crippen LogP contribution in [0, 0.1) is 17.0 Å². The zero-order valence-corrected chi connectivity index (χ0v) is 12.0. The largest absolute Gasteiger partial charge is 0.321 e. The summed E-state index contributed by atoms with van der Waals surface area (Å²) in [6.07, 6.45) is 0. The van der Waals surface area contributed by atoms with E-state index in [4.69, 9.17) is 0 Å². The first-order valence-electron chi connectivity index (χ1n) is 6.69. The Hall–Kier alpha value is -3.10. The fraction of sp³-hybridized carbons (Fsp3) is 0.231. The molecule has 0 atom stereocenters. The quantitative estimate of drug-likeness (QED) is 0.537. The highest BCUT2D eigenvalue weighted by atomic mass is 16.6. The molecule has 9 nitrogen and oxygen atoms in total. The van der Waals surface area contributed by atoms with Gasteiger partial charge in [-0.1, -0.05) is 18.2 Å². The highest BCUT2D eigenvalue weighted by Crippen LogP contribution is 2.32. The highest BCUT2D eigenvalue weighted by molar-refractivity contribution is 5.67. The molecule has 0 saturated carbocycles. The molecule has 112 valence electrons. The lowest BCUT2D eigenvalue weighted by molar-refractivity contribution is -0.384. The summed E-state index contributed by atoms with van der Waals surface area (Å²) in [6, 6.07) is 9.21. The molecule has 22 heavy (non-hydrogen) atoms. The van der Waals surface area contributed by atoms with Gasteiger partial charge in [-0.15, -0.1) is 5.10 Å².